The van der Waals surface area contributed by atoms with Crippen molar-refractivity contribution in [1.29, 1.82) is 15.8 Å². The van der Waals surface area contributed by atoms with E-state index >= 15 is 0 Å². The van der Waals surface area contributed by atoms with Crippen LogP contribution in [0.4, 0.5) is 39.5 Å². The van der Waals surface area contributed by atoms with Crippen molar-refractivity contribution in [3.63, 3.8) is 0 Å². The summed E-state index contributed by atoms with van der Waals surface area (Å²) < 4.78 is 146. The number of alkyl halides is 9. The van der Waals surface area contributed by atoms with Crippen molar-refractivity contribution in [2.75, 3.05) is 26.2 Å². The number of pyridine rings is 4. The lowest BCUT2D eigenvalue weighted by molar-refractivity contribution is -0.136. The van der Waals surface area contributed by atoms with Gasteiger partial charge in [0.15, 0.2) is 28.4 Å². The van der Waals surface area contributed by atoms with Crippen LogP contribution >= 0.6 is 69.1 Å². The van der Waals surface area contributed by atoms with Gasteiger partial charge in [-0.1, -0.05) is 52.5 Å². The first-order valence-electron chi connectivity index (χ1n) is 30.9. The summed E-state index contributed by atoms with van der Waals surface area (Å²) in [5.41, 5.74) is -2.34. The van der Waals surface area contributed by atoms with Crippen molar-refractivity contribution >= 4 is 121 Å². The molecule has 552 valence electrons. The molecule has 16 rings (SSSR count). The highest BCUT2D eigenvalue weighted by atomic mass is 35.5. The topological polar surface area (TPSA) is 334 Å². The van der Waals surface area contributed by atoms with Gasteiger partial charge in [-0.15, -0.1) is 22.7 Å². The van der Waals surface area contributed by atoms with Crippen molar-refractivity contribution in [2.45, 2.75) is 37.8 Å². The predicted molar refractivity (Wildman–Crippen MR) is 371 cm³/mol. The number of amides is 2. The quantitative estimate of drug-likeness (QED) is 0.101. The summed E-state index contributed by atoms with van der Waals surface area (Å²) in [4.78, 5) is 75.6. The molecule has 25 nitrogen and oxygen atoms in total. The molecule has 1 unspecified atom stereocenters. The highest BCUT2D eigenvalue weighted by Gasteiger charge is 2.38. The van der Waals surface area contributed by atoms with E-state index in [2.05, 4.69) is 29.9 Å². The number of aromatic nitrogens is 10. The van der Waals surface area contributed by atoms with E-state index in [0.717, 1.165) is 51.7 Å². The van der Waals surface area contributed by atoms with Gasteiger partial charge in [-0.25, -0.2) is 65.8 Å². The first-order chi connectivity index (χ1) is 52.2. The largest absolute Gasteiger partial charge is 0.476 e. The smallest absolute Gasteiger partial charge is 0.420 e. The molecule has 2 aliphatic heterocycles. The second-order valence-corrected chi connectivity index (χ2v) is 26.4. The minimum absolute atomic E-state index is 0.00978. The van der Waals surface area contributed by atoms with Gasteiger partial charge in [0.1, 0.15) is 77.9 Å². The van der Waals surface area contributed by atoms with Crippen LogP contribution in [0.2, 0.25) is 20.6 Å². The molecular weight excluding hydrogens is 1580 g/mol. The molecule has 14 aromatic heterocycles. The Morgan fingerprint density at radius 3 is 1.38 bits per heavy atom. The number of carbonyl (C=O) groups is 4. The molecule has 109 heavy (non-hydrogen) atoms. The van der Waals surface area contributed by atoms with E-state index in [1.54, 1.807) is 29.4 Å². The number of halogens is 13. The second-order valence-electron chi connectivity index (χ2n) is 23.2. The van der Waals surface area contributed by atoms with Crippen molar-refractivity contribution in [2.24, 2.45) is 0 Å². The van der Waals surface area contributed by atoms with Gasteiger partial charge >= 0.3 is 18.1 Å². The van der Waals surface area contributed by atoms with Crippen molar-refractivity contribution in [1.82, 2.24) is 57.3 Å². The van der Waals surface area contributed by atoms with E-state index < -0.39 is 98.8 Å². The summed E-state index contributed by atoms with van der Waals surface area (Å²) in [6.45, 7) is 1.51. The zero-order chi connectivity index (χ0) is 77.6. The van der Waals surface area contributed by atoms with Crippen LogP contribution in [0, 0.1) is 34.0 Å². The Balaban J connectivity index is 0.000000130. The Labute approximate surface area is 630 Å². The number of thiazole rings is 2. The molecule has 1 saturated heterocycles. The van der Waals surface area contributed by atoms with Gasteiger partial charge in [-0.05, 0) is 55.0 Å². The fraction of sp³-hybridized carbons (Fsp3) is 0.145. The highest BCUT2D eigenvalue weighted by Crippen LogP contribution is 2.42. The van der Waals surface area contributed by atoms with E-state index in [4.69, 9.17) is 74.3 Å². The molecule has 0 radical (unpaired) electrons. The number of aromatic carboxylic acids is 2. The number of nitriles is 3. The summed E-state index contributed by atoms with van der Waals surface area (Å²) in [6, 6.07) is 16.2. The number of nitrogens with zero attached hydrogens (tertiary/aromatic N) is 15. The van der Waals surface area contributed by atoms with Gasteiger partial charge < -0.3 is 37.7 Å². The van der Waals surface area contributed by atoms with Gasteiger partial charge in [0.2, 0.25) is 0 Å². The zero-order valence-corrected chi connectivity index (χ0v) is 58.8. The van der Waals surface area contributed by atoms with Crippen LogP contribution in [0.5, 0.6) is 0 Å². The van der Waals surface area contributed by atoms with Crippen molar-refractivity contribution in [3.05, 3.63) is 227 Å². The molecule has 0 saturated carbocycles. The van der Waals surface area contributed by atoms with E-state index in [9.17, 15) is 74.5 Å². The van der Waals surface area contributed by atoms with Crippen molar-refractivity contribution < 1.29 is 86.6 Å². The number of imidazole rings is 4. The number of carbonyl (C=O) groups excluding carboxylic acids is 2. The second kappa shape index (κ2) is 30.6. The van der Waals surface area contributed by atoms with E-state index in [1.165, 1.54) is 108 Å². The number of fused-ring (bicyclic) bond motifs is 4. The summed E-state index contributed by atoms with van der Waals surface area (Å²) in [6.07, 6.45) is 4.45. The number of rotatable bonds is 13. The van der Waals surface area contributed by atoms with Crippen LogP contribution in [-0.2, 0) is 6.18 Å². The summed E-state index contributed by atoms with van der Waals surface area (Å²) in [5, 5.41) is 51.3. The Kier molecular flexibility index (Phi) is 21.0. The Morgan fingerprint density at radius 2 is 0.972 bits per heavy atom. The third-order valence-electron chi connectivity index (χ3n) is 16.9. The van der Waals surface area contributed by atoms with Crippen molar-refractivity contribution in [3.8, 4) is 62.7 Å². The zero-order valence-electron chi connectivity index (χ0n) is 54.1. The predicted octanol–water partition coefficient (Wildman–Crippen LogP) is 17.9. The average molecular weight is 1610 g/mol. The molecule has 2 aliphatic rings. The number of hydrogen-bond acceptors (Lipinski definition) is 19. The Bertz CT molecular complexity index is 5870. The lowest BCUT2D eigenvalue weighted by atomic mass is 10.0. The summed E-state index contributed by atoms with van der Waals surface area (Å²) >= 11 is 27.7. The van der Waals surface area contributed by atoms with Gasteiger partial charge in [-0.2, -0.15) is 29.0 Å². The minimum Gasteiger partial charge on any atom is -0.476 e. The third kappa shape index (κ3) is 14.2. The molecule has 40 heteroatoms. The minimum atomic E-state index is -4.72. The number of likely N-dealkylation sites (tertiary alicyclic amines) is 1. The first kappa shape index (κ1) is 75.0. The van der Waals surface area contributed by atoms with Crippen LogP contribution < -0.4 is 0 Å². The number of furan rings is 4. The Morgan fingerprint density at radius 1 is 0.550 bits per heavy atom. The molecule has 2 N–H and O–H groups in total. The molecule has 16 heterocycles. The molecule has 1 fully saturated rings. The normalized spacial score (nSPS) is 13.6. The Hall–Kier alpha value is -12.2. The highest BCUT2D eigenvalue weighted by molar-refractivity contribution is 7.10. The van der Waals surface area contributed by atoms with Crippen LogP contribution in [0.1, 0.15) is 123 Å². The first-order valence-corrected chi connectivity index (χ1v) is 34.2. The van der Waals surface area contributed by atoms with Crippen LogP contribution in [0.3, 0.4) is 0 Å². The van der Waals surface area contributed by atoms with Gasteiger partial charge in [0.05, 0.1) is 77.4 Å². The number of carboxylic acids is 2. The van der Waals surface area contributed by atoms with Gasteiger partial charge in [0, 0.05) is 112 Å². The molecule has 0 aromatic carbocycles. The fourth-order valence-electron chi connectivity index (χ4n) is 11.9. The van der Waals surface area contributed by atoms with Crippen LogP contribution in [0.25, 0.3) is 72.7 Å². The number of hydrogen-bond donors (Lipinski definition) is 2. The maximum absolute atomic E-state index is 13.9. The van der Waals surface area contributed by atoms with Gasteiger partial charge in [-0.3, -0.25) is 27.2 Å². The molecule has 0 spiro atoms. The van der Waals surface area contributed by atoms with E-state index in [0.29, 0.717) is 48.4 Å². The molecular formula is C69H38Cl4F9N15O10S2. The molecule has 1 atom stereocenters. The standard InChI is InChI=1S/C21H14ClF2N5O2S.C21H12ClF2N5O2S.C14H6ClF2N3O3.C13H6ClF3N2O3/c2*22-17-16(21(30)28-4-1-11(9-28)20-26-3-6-32-20)27-19-14(18(23)24)7-13(12-2-5-31-10-12)15(8-25)29(17)19;15-11-10(14(21)22)19-13-8(12(16)17)3-7(6-1-2-23-5-6)9(4-18)20(11)13;14-10-9(12(20)21)18-11-8(13(15,16)17)3-7(4-19(10)11)6-1-2-22-5-6/h2-3,5-7,10-11,18H,1,4,9H2;1-3,5-7,10,18H,4,9H2;1-3,5,12H,(H,21,22);1-5H,(H,20,21). The average Bonchev–Trinajstić information content (AvgIpc) is 1.62. The lowest BCUT2D eigenvalue weighted by Crippen LogP contribution is -2.29. The maximum atomic E-state index is 13.9. The third-order valence-corrected chi connectivity index (χ3v) is 20.1. The lowest BCUT2D eigenvalue weighted by Gasteiger charge is -2.14. The maximum Gasteiger partial charge on any atom is 0.420 e. The van der Waals surface area contributed by atoms with E-state index in [-0.39, 0.29) is 83.9 Å². The van der Waals surface area contributed by atoms with Crippen LogP contribution in [-0.4, -0.2) is 117 Å². The fourth-order valence-corrected chi connectivity index (χ4v) is 14.5. The number of carboxylic acid groups (broad SMARTS) is 2. The molecule has 14 aromatic rings. The molecule has 0 bridgehead atoms. The van der Waals surface area contributed by atoms with Gasteiger partial charge in [0.25, 0.3) is 31.1 Å². The molecule has 2 amide bonds. The summed E-state index contributed by atoms with van der Waals surface area (Å²) in [5.74, 6) is -3.87. The molecule has 0 aliphatic carbocycles. The SMILES string of the molecule is N#Cc1c(-c2ccoc2)cc(C(F)F)c2nc(C(=O)N3CC=C(c4nccs4)C3)c(Cl)n12.N#Cc1c(-c2ccoc2)cc(C(F)F)c2nc(C(=O)N3CCC(c4nccs4)C3)c(Cl)n12.N#Cc1c(-c2ccoc2)cc(C(F)F)c2nc(C(=O)O)c(Cl)n12.O=C(O)c1nc2c(C(F)(F)F)cc(-c3ccoc3)cn2c1Cl. The van der Waals surface area contributed by atoms with Crippen LogP contribution in [0.15, 0.2) is 152 Å². The van der Waals surface area contributed by atoms with E-state index in [1.807, 2.05) is 35.0 Å². The summed E-state index contributed by atoms with van der Waals surface area (Å²) in [7, 11) is 0. The monoisotopic (exact) mass is 1610 g/mol.